The lowest BCUT2D eigenvalue weighted by molar-refractivity contribution is 0.174. The van der Waals surface area contributed by atoms with E-state index in [1.54, 1.807) is 0 Å². The molecule has 0 amide bonds. The van der Waals surface area contributed by atoms with Gasteiger partial charge in [-0.15, -0.1) is 0 Å². The molecule has 0 aliphatic carbocycles. The molecule has 2 heterocycles. The summed E-state index contributed by atoms with van der Waals surface area (Å²) in [6, 6.07) is 12.0. The summed E-state index contributed by atoms with van der Waals surface area (Å²) in [7, 11) is 0. The lowest BCUT2D eigenvalue weighted by Gasteiger charge is -2.08. The SMILES string of the molecule is Cc1ccc(-c2nc3cc4c(cc3n2CCO)OCO4)cc1. The highest BCUT2D eigenvalue weighted by Gasteiger charge is 2.19. The van der Waals surface area contributed by atoms with E-state index in [0.717, 1.165) is 33.9 Å². The first-order chi connectivity index (χ1) is 10.8. The van der Waals surface area contributed by atoms with Gasteiger partial charge in [0.05, 0.1) is 17.6 Å². The number of hydrogen-bond donors (Lipinski definition) is 1. The number of aliphatic hydroxyl groups is 1. The molecule has 0 unspecified atom stereocenters. The van der Waals surface area contributed by atoms with E-state index < -0.39 is 0 Å². The smallest absolute Gasteiger partial charge is 0.231 e. The molecule has 1 aromatic heterocycles. The van der Waals surface area contributed by atoms with Crippen molar-refractivity contribution in [1.29, 1.82) is 0 Å². The van der Waals surface area contributed by atoms with Crippen LogP contribution in [0.3, 0.4) is 0 Å². The van der Waals surface area contributed by atoms with Gasteiger partial charge in [-0.3, -0.25) is 0 Å². The van der Waals surface area contributed by atoms with E-state index >= 15 is 0 Å². The van der Waals surface area contributed by atoms with E-state index in [4.69, 9.17) is 14.5 Å². The second-order valence-corrected chi connectivity index (χ2v) is 5.37. The quantitative estimate of drug-likeness (QED) is 0.807. The fraction of sp³-hybridized carbons (Fsp3) is 0.235. The van der Waals surface area contributed by atoms with E-state index in [2.05, 4.69) is 19.1 Å². The second-order valence-electron chi connectivity index (χ2n) is 5.37. The molecule has 4 rings (SSSR count). The summed E-state index contributed by atoms with van der Waals surface area (Å²) in [4.78, 5) is 4.72. The van der Waals surface area contributed by atoms with Crippen molar-refractivity contribution >= 4 is 11.0 Å². The minimum atomic E-state index is 0.0543. The van der Waals surface area contributed by atoms with Gasteiger partial charge in [0, 0.05) is 24.2 Å². The molecular formula is C17H16N2O3. The Kier molecular flexibility index (Phi) is 3.01. The average Bonchev–Trinajstić information content (AvgIpc) is 3.11. The van der Waals surface area contributed by atoms with Crippen molar-refractivity contribution in [1.82, 2.24) is 9.55 Å². The topological polar surface area (TPSA) is 56.5 Å². The molecule has 0 bridgehead atoms. The number of nitrogens with zero attached hydrogens (tertiary/aromatic N) is 2. The zero-order chi connectivity index (χ0) is 15.1. The zero-order valence-electron chi connectivity index (χ0n) is 12.2. The minimum Gasteiger partial charge on any atom is -0.454 e. The van der Waals surface area contributed by atoms with Gasteiger partial charge in [0.2, 0.25) is 6.79 Å². The van der Waals surface area contributed by atoms with E-state index in [0.29, 0.717) is 6.54 Å². The van der Waals surface area contributed by atoms with Crippen LogP contribution < -0.4 is 9.47 Å². The van der Waals surface area contributed by atoms with Gasteiger partial charge in [0.15, 0.2) is 11.5 Å². The maximum Gasteiger partial charge on any atom is 0.231 e. The third kappa shape index (κ3) is 2.02. The minimum absolute atomic E-state index is 0.0543. The fourth-order valence-corrected chi connectivity index (χ4v) is 2.76. The Labute approximate surface area is 127 Å². The van der Waals surface area contributed by atoms with Crippen LogP contribution in [-0.4, -0.2) is 28.1 Å². The van der Waals surface area contributed by atoms with Crippen LogP contribution in [0.15, 0.2) is 36.4 Å². The lowest BCUT2D eigenvalue weighted by atomic mass is 10.1. The van der Waals surface area contributed by atoms with Gasteiger partial charge in [-0.25, -0.2) is 4.98 Å². The standard InChI is InChI=1S/C17H16N2O3/c1-11-2-4-12(5-3-11)17-18-13-8-15-16(22-10-21-15)9-14(13)19(17)6-7-20/h2-5,8-9,20H,6-7,10H2,1H3. The van der Waals surface area contributed by atoms with Gasteiger partial charge in [-0.1, -0.05) is 29.8 Å². The Morgan fingerprint density at radius 3 is 2.59 bits per heavy atom. The van der Waals surface area contributed by atoms with E-state index in [1.165, 1.54) is 5.56 Å². The summed E-state index contributed by atoms with van der Waals surface area (Å²) in [6.07, 6.45) is 0. The Balaban J connectivity index is 1.93. The summed E-state index contributed by atoms with van der Waals surface area (Å²) in [5, 5.41) is 9.40. The van der Waals surface area contributed by atoms with Crippen LogP contribution in [0.2, 0.25) is 0 Å². The predicted octanol–water partition coefficient (Wildman–Crippen LogP) is 2.73. The number of aromatic nitrogens is 2. The maximum absolute atomic E-state index is 9.40. The summed E-state index contributed by atoms with van der Waals surface area (Å²) >= 11 is 0. The molecule has 0 spiro atoms. The van der Waals surface area contributed by atoms with Crippen molar-refractivity contribution < 1.29 is 14.6 Å². The highest BCUT2D eigenvalue weighted by atomic mass is 16.7. The van der Waals surface area contributed by atoms with Crippen LogP contribution in [0, 0.1) is 6.92 Å². The van der Waals surface area contributed by atoms with Crippen molar-refractivity contribution in [3.63, 3.8) is 0 Å². The molecule has 0 radical (unpaired) electrons. The predicted molar refractivity (Wildman–Crippen MR) is 83.1 cm³/mol. The summed E-state index contributed by atoms with van der Waals surface area (Å²) < 4.78 is 12.9. The van der Waals surface area contributed by atoms with Crippen LogP contribution in [-0.2, 0) is 6.54 Å². The van der Waals surface area contributed by atoms with Crippen molar-refractivity contribution in [2.75, 3.05) is 13.4 Å². The normalized spacial score (nSPS) is 13.0. The van der Waals surface area contributed by atoms with E-state index in [-0.39, 0.29) is 13.4 Å². The number of aliphatic hydroxyl groups excluding tert-OH is 1. The molecule has 1 N–H and O–H groups in total. The highest BCUT2D eigenvalue weighted by Crippen LogP contribution is 2.37. The van der Waals surface area contributed by atoms with Crippen molar-refractivity contribution in [2.45, 2.75) is 13.5 Å². The van der Waals surface area contributed by atoms with Crippen LogP contribution in [0.4, 0.5) is 0 Å². The number of ether oxygens (including phenoxy) is 2. The van der Waals surface area contributed by atoms with Gasteiger partial charge in [-0.2, -0.15) is 0 Å². The Morgan fingerprint density at radius 1 is 1.14 bits per heavy atom. The van der Waals surface area contributed by atoms with Crippen LogP contribution >= 0.6 is 0 Å². The number of imidazole rings is 1. The number of fused-ring (bicyclic) bond motifs is 2. The number of benzene rings is 2. The molecular weight excluding hydrogens is 280 g/mol. The molecule has 2 aromatic carbocycles. The van der Waals surface area contributed by atoms with Crippen LogP contribution in [0.5, 0.6) is 11.5 Å². The van der Waals surface area contributed by atoms with Gasteiger partial charge in [0.25, 0.3) is 0 Å². The van der Waals surface area contributed by atoms with E-state index in [1.807, 2.05) is 28.8 Å². The summed E-state index contributed by atoms with van der Waals surface area (Å²) in [5.74, 6) is 2.28. The molecule has 22 heavy (non-hydrogen) atoms. The molecule has 0 fully saturated rings. The second kappa shape index (κ2) is 5.03. The Morgan fingerprint density at radius 2 is 1.86 bits per heavy atom. The summed E-state index contributed by atoms with van der Waals surface area (Å²) in [5.41, 5.74) is 4.01. The Bertz CT molecular complexity index is 837. The first-order valence-corrected chi connectivity index (χ1v) is 7.24. The number of hydrogen-bond acceptors (Lipinski definition) is 4. The first kappa shape index (κ1) is 13.2. The van der Waals surface area contributed by atoms with Crippen LogP contribution in [0.25, 0.3) is 22.4 Å². The van der Waals surface area contributed by atoms with Gasteiger partial charge >= 0.3 is 0 Å². The molecule has 0 saturated carbocycles. The molecule has 5 nitrogen and oxygen atoms in total. The highest BCUT2D eigenvalue weighted by molar-refractivity contribution is 5.84. The average molecular weight is 296 g/mol. The molecule has 112 valence electrons. The van der Waals surface area contributed by atoms with Gasteiger partial charge in [0.1, 0.15) is 5.82 Å². The number of rotatable bonds is 3. The molecule has 5 heteroatoms. The van der Waals surface area contributed by atoms with Crippen molar-refractivity contribution in [3.05, 3.63) is 42.0 Å². The lowest BCUT2D eigenvalue weighted by Crippen LogP contribution is -2.04. The first-order valence-electron chi connectivity index (χ1n) is 7.24. The monoisotopic (exact) mass is 296 g/mol. The molecule has 0 atom stereocenters. The van der Waals surface area contributed by atoms with Gasteiger partial charge < -0.3 is 19.1 Å². The molecule has 0 saturated heterocycles. The van der Waals surface area contributed by atoms with Crippen molar-refractivity contribution in [2.24, 2.45) is 0 Å². The Hall–Kier alpha value is -2.53. The number of aryl methyl sites for hydroxylation is 1. The maximum atomic E-state index is 9.40. The molecule has 3 aromatic rings. The van der Waals surface area contributed by atoms with Gasteiger partial charge in [-0.05, 0) is 6.92 Å². The van der Waals surface area contributed by atoms with Crippen molar-refractivity contribution in [3.8, 4) is 22.9 Å². The third-order valence-electron chi connectivity index (χ3n) is 3.88. The third-order valence-corrected chi connectivity index (χ3v) is 3.88. The summed E-state index contributed by atoms with van der Waals surface area (Å²) in [6.45, 7) is 2.84. The van der Waals surface area contributed by atoms with Crippen LogP contribution in [0.1, 0.15) is 5.56 Å². The zero-order valence-corrected chi connectivity index (χ0v) is 12.2. The molecule has 1 aliphatic rings. The molecule has 1 aliphatic heterocycles. The van der Waals surface area contributed by atoms with E-state index in [9.17, 15) is 5.11 Å². The largest absolute Gasteiger partial charge is 0.454 e. The fourth-order valence-electron chi connectivity index (χ4n) is 2.76.